The van der Waals surface area contributed by atoms with E-state index < -0.39 is 11.7 Å². The molecule has 6 nitrogen and oxygen atoms in total. The SMILES string of the molecule is Nc1c(Nc2ccc(Cl)c(Cl)c2)ncnc1Nc1ncc(C(F)(F)F)cc1Cl. The highest BCUT2D eigenvalue weighted by molar-refractivity contribution is 6.42. The molecule has 0 aliphatic carbocycles. The minimum atomic E-state index is -4.56. The molecule has 3 rings (SSSR count). The van der Waals surface area contributed by atoms with Crippen molar-refractivity contribution in [3.8, 4) is 0 Å². The number of nitrogens with zero attached hydrogens (tertiary/aromatic N) is 3. The molecule has 146 valence electrons. The summed E-state index contributed by atoms with van der Waals surface area (Å²) in [7, 11) is 0. The number of nitrogens with one attached hydrogen (secondary N) is 2. The van der Waals surface area contributed by atoms with Gasteiger partial charge in [-0.05, 0) is 24.3 Å². The van der Waals surface area contributed by atoms with Crippen molar-refractivity contribution in [2.45, 2.75) is 6.18 Å². The van der Waals surface area contributed by atoms with Crippen molar-refractivity contribution in [3.63, 3.8) is 0 Å². The number of benzene rings is 1. The summed E-state index contributed by atoms with van der Waals surface area (Å²) >= 11 is 17.7. The van der Waals surface area contributed by atoms with Crippen LogP contribution >= 0.6 is 34.8 Å². The monoisotopic (exact) mass is 448 g/mol. The van der Waals surface area contributed by atoms with E-state index in [-0.39, 0.29) is 28.2 Å². The Bertz CT molecular complexity index is 1030. The van der Waals surface area contributed by atoms with Gasteiger partial charge in [-0.2, -0.15) is 13.2 Å². The molecule has 28 heavy (non-hydrogen) atoms. The number of pyridine rings is 1. The molecule has 2 heterocycles. The lowest BCUT2D eigenvalue weighted by molar-refractivity contribution is -0.137. The summed E-state index contributed by atoms with van der Waals surface area (Å²) in [5.74, 6) is 0.297. The third-order valence-electron chi connectivity index (χ3n) is 3.47. The Hall–Kier alpha value is -2.49. The van der Waals surface area contributed by atoms with E-state index in [0.29, 0.717) is 21.9 Å². The first kappa shape index (κ1) is 20.2. The first-order chi connectivity index (χ1) is 13.1. The van der Waals surface area contributed by atoms with Crippen LogP contribution in [0.15, 0.2) is 36.8 Å². The van der Waals surface area contributed by atoms with E-state index in [1.165, 1.54) is 6.33 Å². The van der Waals surface area contributed by atoms with Gasteiger partial charge in [0.1, 0.15) is 17.8 Å². The number of aromatic nitrogens is 3. The third-order valence-corrected chi connectivity index (χ3v) is 4.50. The largest absolute Gasteiger partial charge is 0.417 e. The molecule has 4 N–H and O–H groups in total. The van der Waals surface area contributed by atoms with Gasteiger partial charge in [0.25, 0.3) is 0 Å². The van der Waals surface area contributed by atoms with Crippen molar-refractivity contribution in [1.29, 1.82) is 0 Å². The molecule has 3 aromatic rings. The van der Waals surface area contributed by atoms with Crippen molar-refractivity contribution in [1.82, 2.24) is 15.0 Å². The summed E-state index contributed by atoms with van der Waals surface area (Å²) in [5.41, 5.74) is 5.72. The fourth-order valence-corrected chi connectivity index (χ4v) is 2.61. The fourth-order valence-electron chi connectivity index (χ4n) is 2.10. The molecule has 0 amide bonds. The molecule has 2 aromatic heterocycles. The van der Waals surface area contributed by atoms with Crippen LogP contribution in [0, 0.1) is 0 Å². The zero-order valence-electron chi connectivity index (χ0n) is 13.7. The maximum absolute atomic E-state index is 12.7. The van der Waals surface area contributed by atoms with E-state index in [0.717, 1.165) is 6.07 Å². The van der Waals surface area contributed by atoms with Gasteiger partial charge >= 0.3 is 6.18 Å². The van der Waals surface area contributed by atoms with Crippen molar-refractivity contribution >= 4 is 63.6 Å². The van der Waals surface area contributed by atoms with Crippen LogP contribution in [0.4, 0.5) is 42.0 Å². The smallest absolute Gasteiger partial charge is 0.393 e. The lowest BCUT2D eigenvalue weighted by Crippen LogP contribution is -2.08. The number of halogens is 6. The molecule has 0 unspecified atom stereocenters. The molecule has 0 fully saturated rings. The van der Waals surface area contributed by atoms with E-state index in [1.54, 1.807) is 18.2 Å². The molecule has 0 saturated heterocycles. The van der Waals surface area contributed by atoms with E-state index in [9.17, 15) is 13.2 Å². The van der Waals surface area contributed by atoms with Crippen LogP contribution in [0.5, 0.6) is 0 Å². The molecule has 0 radical (unpaired) electrons. The topological polar surface area (TPSA) is 88.8 Å². The Kier molecular flexibility index (Phi) is 5.69. The second-order valence-corrected chi connectivity index (χ2v) is 6.64. The van der Waals surface area contributed by atoms with E-state index in [2.05, 4.69) is 25.6 Å². The zero-order valence-corrected chi connectivity index (χ0v) is 15.9. The number of rotatable bonds is 4. The van der Waals surface area contributed by atoms with Crippen LogP contribution in [0.3, 0.4) is 0 Å². The normalized spacial score (nSPS) is 11.4. The van der Waals surface area contributed by atoms with Crippen molar-refractivity contribution < 1.29 is 13.2 Å². The third kappa shape index (κ3) is 4.49. The summed E-state index contributed by atoms with van der Waals surface area (Å²) in [6.45, 7) is 0. The average Bonchev–Trinajstić information content (AvgIpc) is 2.62. The average molecular weight is 450 g/mol. The van der Waals surface area contributed by atoms with Crippen LogP contribution in [0.1, 0.15) is 5.56 Å². The first-order valence-electron chi connectivity index (χ1n) is 7.47. The predicted octanol–water partition coefficient (Wildman–Crippen LogP) is 5.92. The highest BCUT2D eigenvalue weighted by Crippen LogP contribution is 2.35. The molecule has 1 aromatic carbocycles. The van der Waals surface area contributed by atoms with Gasteiger partial charge in [0, 0.05) is 11.9 Å². The fraction of sp³-hybridized carbons (Fsp3) is 0.0625. The van der Waals surface area contributed by atoms with Gasteiger partial charge in [0.05, 0.1) is 20.6 Å². The van der Waals surface area contributed by atoms with Gasteiger partial charge in [-0.1, -0.05) is 34.8 Å². The maximum atomic E-state index is 12.7. The quantitative estimate of drug-likeness (QED) is 0.458. The molecular formula is C16H10Cl3F3N6. The maximum Gasteiger partial charge on any atom is 0.417 e. The first-order valence-corrected chi connectivity index (χ1v) is 8.61. The second kappa shape index (κ2) is 7.86. The van der Waals surface area contributed by atoms with Gasteiger partial charge < -0.3 is 16.4 Å². The van der Waals surface area contributed by atoms with Gasteiger partial charge in [-0.25, -0.2) is 15.0 Å². The number of hydrogen-bond acceptors (Lipinski definition) is 6. The number of nitrogen functional groups attached to an aromatic ring is 1. The van der Waals surface area contributed by atoms with Crippen molar-refractivity contribution in [2.24, 2.45) is 0 Å². The Balaban J connectivity index is 1.86. The standard InChI is InChI=1S/C16H10Cl3F3N6/c17-9-2-1-8(4-10(9)18)27-14-12(23)15(26-6-25-14)28-13-11(19)3-7(5-24-13)16(20,21)22/h1-6H,23H2,(H2,24,25,26,27,28). The van der Waals surface area contributed by atoms with Crippen LogP contribution in [0.2, 0.25) is 15.1 Å². The van der Waals surface area contributed by atoms with Crippen LogP contribution in [0.25, 0.3) is 0 Å². The van der Waals surface area contributed by atoms with Crippen LogP contribution in [-0.4, -0.2) is 15.0 Å². The second-order valence-electron chi connectivity index (χ2n) is 5.42. The van der Waals surface area contributed by atoms with Gasteiger partial charge in [0.2, 0.25) is 0 Å². The predicted molar refractivity (Wildman–Crippen MR) is 104 cm³/mol. The number of alkyl halides is 3. The van der Waals surface area contributed by atoms with E-state index in [1.807, 2.05) is 0 Å². The Morgan fingerprint density at radius 1 is 0.821 bits per heavy atom. The lowest BCUT2D eigenvalue weighted by atomic mass is 10.2. The number of nitrogens with two attached hydrogens (primary N) is 1. The Morgan fingerprint density at radius 3 is 2.11 bits per heavy atom. The van der Waals surface area contributed by atoms with Crippen LogP contribution in [-0.2, 0) is 6.18 Å². The molecule has 0 atom stereocenters. The highest BCUT2D eigenvalue weighted by Gasteiger charge is 2.31. The summed E-state index contributed by atoms with van der Waals surface area (Å²) in [5, 5.41) is 6.11. The van der Waals surface area contributed by atoms with Crippen LogP contribution < -0.4 is 16.4 Å². The van der Waals surface area contributed by atoms with Gasteiger partial charge in [-0.15, -0.1) is 0 Å². The summed E-state index contributed by atoms with van der Waals surface area (Å²) in [6.07, 6.45) is -2.70. The van der Waals surface area contributed by atoms with E-state index >= 15 is 0 Å². The molecule has 0 spiro atoms. The molecular weight excluding hydrogens is 440 g/mol. The summed E-state index contributed by atoms with van der Waals surface area (Å²) in [6, 6.07) is 5.59. The number of hydrogen-bond donors (Lipinski definition) is 3. The minimum absolute atomic E-state index is 0.0412. The Morgan fingerprint density at radius 2 is 1.50 bits per heavy atom. The highest BCUT2D eigenvalue weighted by atomic mass is 35.5. The Labute approximate surface area is 171 Å². The van der Waals surface area contributed by atoms with Crippen molar-refractivity contribution in [2.75, 3.05) is 16.4 Å². The van der Waals surface area contributed by atoms with E-state index in [4.69, 9.17) is 40.5 Å². The van der Waals surface area contributed by atoms with Gasteiger partial charge in [0.15, 0.2) is 11.6 Å². The minimum Gasteiger partial charge on any atom is -0.393 e. The number of anilines is 5. The van der Waals surface area contributed by atoms with Crippen molar-refractivity contribution in [3.05, 3.63) is 57.4 Å². The molecule has 0 aliphatic heterocycles. The molecule has 0 bridgehead atoms. The molecule has 0 aliphatic rings. The zero-order chi connectivity index (χ0) is 20.5. The lowest BCUT2D eigenvalue weighted by Gasteiger charge is -2.14. The molecule has 12 heteroatoms. The summed E-state index contributed by atoms with van der Waals surface area (Å²) < 4.78 is 38.2. The molecule has 0 saturated carbocycles. The van der Waals surface area contributed by atoms with Gasteiger partial charge in [-0.3, -0.25) is 0 Å². The summed E-state index contributed by atoms with van der Waals surface area (Å²) in [4.78, 5) is 11.7.